The van der Waals surface area contributed by atoms with Crippen LogP contribution in [0.1, 0.15) is 17.5 Å². The van der Waals surface area contributed by atoms with Crippen LogP contribution < -0.4 is 10.6 Å². The molecule has 0 saturated carbocycles. The molecule has 5 nitrogen and oxygen atoms in total. The van der Waals surface area contributed by atoms with Crippen molar-refractivity contribution in [2.24, 2.45) is 5.73 Å². The van der Waals surface area contributed by atoms with E-state index in [1.807, 2.05) is 11.8 Å². The minimum atomic E-state index is -3.10. The van der Waals surface area contributed by atoms with Crippen molar-refractivity contribution in [1.29, 1.82) is 0 Å². The highest BCUT2D eigenvalue weighted by Crippen LogP contribution is 2.32. The molecule has 1 aromatic heterocycles. The second kappa shape index (κ2) is 5.99. The maximum absolute atomic E-state index is 11.9. The van der Waals surface area contributed by atoms with Gasteiger partial charge in [0.2, 0.25) is 0 Å². The van der Waals surface area contributed by atoms with E-state index in [4.69, 9.17) is 5.73 Å². The molecule has 0 spiro atoms. The predicted molar refractivity (Wildman–Crippen MR) is 82.7 cm³/mol. The lowest BCUT2D eigenvalue weighted by atomic mass is 10.3. The average molecular weight is 321 g/mol. The Hall–Kier alpha value is -0.310. The third kappa shape index (κ3) is 3.24. The summed E-state index contributed by atoms with van der Waals surface area (Å²) in [6, 6.07) is 0. The first kappa shape index (κ1) is 15.1. The normalized spacial score (nSPS) is 20.8. The van der Waals surface area contributed by atoms with E-state index in [0.29, 0.717) is 12.3 Å². The van der Waals surface area contributed by atoms with Crippen molar-refractivity contribution in [3.63, 3.8) is 0 Å². The summed E-state index contributed by atoms with van der Waals surface area (Å²) in [5.74, 6) is 1.54. The number of aryl methyl sites for hydroxylation is 1. The number of nitrogens with zero attached hydrogens (tertiary/aromatic N) is 2. The molecule has 0 radical (unpaired) electrons. The fraction of sp³-hybridized carbons (Fsp3) is 0.727. The van der Waals surface area contributed by atoms with Gasteiger partial charge in [0.1, 0.15) is 5.37 Å². The van der Waals surface area contributed by atoms with Gasteiger partial charge in [0, 0.05) is 35.7 Å². The number of hydrogen-bond acceptors (Lipinski definition) is 7. The Morgan fingerprint density at radius 1 is 1.53 bits per heavy atom. The molecule has 8 heteroatoms. The van der Waals surface area contributed by atoms with Gasteiger partial charge in [0.25, 0.3) is 0 Å². The zero-order valence-electron chi connectivity index (χ0n) is 11.1. The highest BCUT2D eigenvalue weighted by atomic mass is 32.2. The highest BCUT2D eigenvalue weighted by molar-refractivity contribution is 8.01. The summed E-state index contributed by atoms with van der Waals surface area (Å²) in [5, 5.41) is 0.334. The Kier molecular flexibility index (Phi) is 4.75. The van der Waals surface area contributed by atoms with Crippen molar-refractivity contribution in [3.05, 3.63) is 10.6 Å². The molecular weight excluding hydrogens is 302 g/mol. The van der Waals surface area contributed by atoms with Crippen molar-refractivity contribution < 1.29 is 8.42 Å². The maximum Gasteiger partial charge on any atom is 0.186 e. The molecule has 1 atom stereocenters. The van der Waals surface area contributed by atoms with Crippen LogP contribution in [-0.2, 0) is 22.8 Å². The number of sulfone groups is 1. The van der Waals surface area contributed by atoms with Crippen LogP contribution in [0.4, 0.5) is 5.13 Å². The predicted octanol–water partition coefficient (Wildman–Crippen LogP) is 1.09. The van der Waals surface area contributed by atoms with Gasteiger partial charge >= 0.3 is 0 Å². The summed E-state index contributed by atoms with van der Waals surface area (Å²) < 4.78 is 23.8. The zero-order chi connectivity index (χ0) is 14.0. The van der Waals surface area contributed by atoms with Crippen molar-refractivity contribution in [1.82, 2.24) is 4.98 Å². The van der Waals surface area contributed by atoms with Crippen LogP contribution >= 0.6 is 23.1 Å². The fourth-order valence-corrected chi connectivity index (χ4v) is 6.07. The van der Waals surface area contributed by atoms with Gasteiger partial charge in [0.05, 0.1) is 5.69 Å². The van der Waals surface area contributed by atoms with Crippen molar-refractivity contribution in [2.75, 3.05) is 29.2 Å². The van der Waals surface area contributed by atoms with E-state index in [1.54, 1.807) is 11.8 Å². The molecule has 1 aliphatic rings. The quantitative estimate of drug-likeness (QED) is 0.894. The molecule has 2 rings (SSSR count). The van der Waals surface area contributed by atoms with E-state index < -0.39 is 15.2 Å². The van der Waals surface area contributed by atoms with Crippen LogP contribution in [0, 0.1) is 0 Å². The first-order chi connectivity index (χ1) is 8.97. The van der Waals surface area contributed by atoms with Gasteiger partial charge in [-0.05, 0) is 6.42 Å². The number of thiazole rings is 1. The number of thioether (sulfide) groups is 1. The van der Waals surface area contributed by atoms with Gasteiger partial charge in [-0.15, -0.1) is 11.3 Å². The standard InChI is InChI=1S/C11H19N3O2S3/c1-3-8-9(6-12)18-11(13-8)14-4-5-17-7-10(14)19(2,15)16/h10H,3-7,12H2,1-2H3. The molecule has 1 aliphatic heterocycles. The maximum atomic E-state index is 11.9. The van der Waals surface area contributed by atoms with Gasteiger partial charge in [-0.25, -0.2) is 13.4 Å². The number of nitrogens with two attached hydrogens (primary N) is 1. The smallest absolute Gasteiger partial charge is 0.186 e. The van der Waals surface area contributed by atoms with E-state index in [-0.39, 0.29) is 0 Å². The number of hydrogen-bond donors (Lipinski definition) is 1. The fourth-order valence-electron chi connectivity index (χ4n) is 2.08. The molecular formula is C11H19N3O2S3. The molecule has 1 saturated heterocycles. The second-order valence-corrected chi connectivity index (χ2v) is 8.89. The number of rotatable bonds is 4. The van der Waals surface area contributed by atoms with E-state index in [2.05, 4.69) is 4.98 Å². The Balaban J connectivity index is 2.35. The van der Waals surface area contributed by atoms with E-state index in [0.717, 1.165) is 34.4 Å². The minimum absolute atomic E-state index is 0.465. The molecule has 0 aromatic carbocycles. The summed E-state index contributed by atoms with van der Waals surface area (Å²) in [5.41, 5.74) is 6.71. The van der Waals surface area contributed by atoms with Crippen molar-refractivity contribution in [2.45, 2.75) is 25.3 Å². The van der Waals surface area contributed by atoms with Crippen LogP contribution in [0.5, 0.6) is 0 Å². The van der Waals surface area contributed by atoms with Crippen LogP contribution in [0.15, 0.2) is 0 Å². The van der Waals surface area contributed by atoms with Gasteiger partial charge in [-0.3, -0.25) is 0 Å². The number of aromatic nitrogens is 1. The summed E-state index contributed by atoms with van der Waals surface area (Å²) in [6.07, 6.45) is 2.13. The van der Waals surface area contributed by atoms with Crippen molar-refractivity contribution in [3.8, 4) is 0 Å². The van der Waals surface area contributed by atoms with Gasteiger partial charge in [0.15, 0.2) is 15.0 Å². The van der Waals surface area contributed by atoms with Crippen LogP contribution in [-0.4, -0.2) is 43.1 Å². The lowest BCUT2D eigenvalue weighted by Crippen LogP contribution is -2.47. The third-order valence-corrected chi connectivity index (χ3v) is 6.91. The first-order valence-corrected chi connectivity index (χ1v) is 10.1. The third-order valence-electron chi connectivity index (χ3n) is 3.11. The Morgan fingerprint density at radius 2 is 2.26 bits per heavy atom. The lowest BCUT2D eigenvalue weighted by molar-refractivity contribution is 0.584. The molecule has 1 aromatic rings. The average Bonchev–Trinajstić information content (AvgIpc) is 2.81. The molecule has 2 N–H and O–H groups in total. The topological polar surface area (TPSA) is 76.3 Å². The van der Waals surface area contributed by atoms with Crippen LogP contribution in [0.2, 0.25) is 0 Å². The summed E-state index contributed by atoms with van der Waals surface area (Å²) in [4.78, 5) is 7.56. The summed E-state index contributed by atoms with van der Waals surface area (Å²) >= 11 is 3.21. The van der Waals surface area contributed by atoms with Gasteiger partial charge < -0.3 is 10.6 Å². The van der Waals surface area contributed by atoms with E-state index >= 15 is 0 Å². The first-order valence-electron chi connectivity index (χ1n) is 6.19. The minimum Gasteiger partial charge on any atom is -0.329 e. The SMILES string of the molecule is CCc1nc(N2CCSCC2S(C)(=O)=O)sc1CN. The molecule has 19 heavy (non-hydrogen) atoms. The molecule has 1 fully saturated rings. The number of anilines is 1. The summed E-state index contributed by atoms with van der Waals surface area (Å²) in [6.45, 7) is 3.23. The highest BCUT2D eigenvalue weighted by Gasteiger charge is 2.33. The molecule has 0 aliphatic carbocycles. The Labute approximate surface area is 122 Å². The van der Waals surface area contributed by atoms with E-state index in [1.165, 1.54) is 17.6 Å². The van der Waals surface area contributed by atoms with Crippen LogP contribution in [0.25, 0.3) is 0 Å². The molecule has 0 amide bonds. The Bertz CT molecular complexity index is 520. The van der Waals surface area contributed by atoms with Gasteiger partial charge in [-0.1, -0.05) is 6.92 Å². The second-order valence-electron chi connectivity index (χ2n) is 4.48. The monoisotopic (exact) mass is 321 g/mol. The van der Waals surface area contributed by atoms with Crippen LogP contribution in [0.3, 0.4) is 0 Å². The van der Waals surface area contributed by atoms with Crippen molar-refractivity contribution >= 4 is 38.1 Å². The zero-order valence-corrected chi connectivity index (χ0v) is 13.6. The molecule has 1 unspecified atom stereocenters. The Morgan fingerprint density at radius 3 is 2.79 bits per heavy atom. The molecule has 108 valence electrons. The van der Waals surface area contributed by atoms with Gasteiger partial charge in [-0.2, -0.15) is 11.8 Å². The molecule has 0 bridgehead atoms. The summed E-state index contributed by atoms with van der Waals surface area (Å²) in [7, 11) is -3.10. The largest absolute Gasteiger partial charge is 0.329 e. The van der Waals surface area contributed by atoms with E-state index in [9.17, 15) is 8.42 Å². The lowest BCUT2D eigenvalue weighted by Gasteiger charge is -2.33. The molecule has 2 heterocycles.